The van der Waals surface area contributed by atoms with E-state index in [-0.39, 0.29) is 25.3 Å². The number of nitrogens with one attached hydrogen (secondary N) is 1. The lowest BCUT2D eigenvalue weighted by molar-refractivity contribution is 0.00706. The van der Waals surface area contributed by atoms with Crippen molar-refractivity contribution in [2.75, 3.05) is 32.8 Å². The normalized spacial score (nSPS) is 22.7. The number of hydrogen-bond acceptors (Lipinski definition) is 10. The fourth-order valence-electron chi connectivity index (χ4n) is 4.71. The van der Waals surface area contributed by atoms with E-state index in [9.17, 15) is 9.32 Å². The number of hydrogen-bond donors (Lipinski definition) is 2. The topological polar surface area (TPSA) is 141 Å². The van der Waals surface area contributed by atoms with Crippen LogP contribution < -0.4 is 9.47 Å². The molecule has 2 aliphatic rings. The van der Waals surface area contributed by atoms with Gasteiger partial charge in [0.15, 0.2) is 11.8 Å². The van der Waals surface area contributed by atoms with E-state index in [4.69, 9.17) is 30.5 Å². The number of H-pyrrole nitrogens is 1. The fourth-order valence-corrected chi connectivity index (χ4v) is 5.60. The molecular formula is C26H26ClN5O6S. The third kappa shape index (κ3) is 5.18. The molecule has 2 N–H and O–H groups in total. The molecule has 204 valence electrons. The van der Waals surface area contributed by atoms with Crippen LogP contribution >= 0.6 is 11.6 Å². The largest absolute Gasteiger partial charge is 0.480 e. The van der Waals surface area contributed by atoms with Crippen molar-refractivity contribution in [1.82, 2.24) is 19.9 Å². The van der Waals surface area contributed by atoms with Crippen LogP contribution in [0.3, 0.4) is 0 Å². The van der Waals surface area contributed by atoms with Gasteiger partial charge >= 0.3 is 0 Å². The minimum atomic E-state index is -2.25. The molecule has 5 heterocycles. The number of aromatic nitrogens is 4. The molecule has 4 aromatic rings. The maximum atomic E-state index is 12.0. The Hall–Kier alpha value is -3.29. The number of aromatic amines is 1. The summed E-state index contributed by atoms with van der Waals surface area (Å²) in [5, 5.41) is 10.3. The highest BCUT2D eigenvalue weighted by molar-refractivity contribution is 7.92. The highest BCUT2D eigenvalue weighted by Crippen LogP contribution is 2.36. The van der Waals surface area contributed by atoms with Crippen LogP contribution in [-0.2, 0) is 19.2 Å². The van der Waals surface area contributed by atoms with Crippen molar-refractivity contribution in [2.45, 2.75) is 24.4 Å². The zero-order valence-corrected chi connectivity index (χ0v) is 22.9. The summed E-state index contributed by atoms with van der Waals surface area (Å²) < 4.78 is 39.0. The molecule has 2 aliphatic heterocycles. The first-order valence-corrected chi connectivity index (χ1v) is 14.9. The number of imidazole rings is 1. The Labute approximate surface area is 229 Å². The highest BCUT2D eigenvalue weighted by Gasteiger charge is 2.48. The summed E-state index contributed by atoms with van der Waals surface area (Å²) in [6.07, 6.45) is 1.35. The fraction of sp³-hybridized carbons (Fsp3) is 0.346. The second-order valence-corrected chi connectivity index (χ2v) is 12.6. The summed E-state index contributed by atoms with van der Waals surface area (Å²) in [5.41, 5.74) is 4.22. The number of halogens is 1. The maximum absolute atomic E-state index is 12.0. The van der Waals surface area contributed by atoms with Crippen molar-refractivity contribution < 1.29 is 28.3 Å². The number of benzene rings is 1. The molecule has 0 aliphatic carbocycles. The number of nitrogens with zero attached hydrogens (tertiary/aromatic N) is 4. The number of aliphatic hydroxyl groups excluding tert-OH is 1. The molecule has 2 fully saturated rings. The second kappa shape index (κ2) is 10.0. The molecule has 6 rings (SSSR count). The zero-order chi connectivity index (χ0) is 27.3. The predicted molar refractivity (Wildman–Crippen MR) is 146 cm³/mol. The lowest BCUT2D eigenvalue weighted by Crippen LogP contribution is -2.34. The first kappa shape index (κ1) is 26.0. The number of ether oxygens (including phenoxy) is 4. The van der Waals surface area contributed by atoms with Crippen LogP contribution in [0.1, 0.15) is 0 Å². The van der Waals surface area contributed by atoms with Crippen LogP contribution in [0.4, 0.5) is 5.69 Å². The van der Waals surface area contributed by atoms with Crippen LogP contribution in [-0.4, -0.2) is 86.5 Å². The van der Waals surface area contributed by atoms with Crippen molar-refractivity contribution >= 4 is 38.2 Å². The standard InChI is InChI=1S/C26H26ClN5O6S/c1-35-25-15(8-9-17(28-25)13-4-6-14(7-5-13)32-39(2,3)34)21-16(27)10-18-24(30-21)31-26(29-18)38-20-12-37-22-19(33)11-36-23(20)22/h4-10,19-20,22-23,33H,11-12H2,1-3H3,(H,29,30,31)/t19-,20?,22?,23-/m1/s1. The van der Waals surface area contributed by atoms with Crippen molar-refractivity contribution in [3.8, 4) is 34.4 Å². The molecule has 4 atom stereocenters. The molecule has 2 unspecified atom stereocenters. The molecule has 0 amide bonds. The lowest BCUT2D eigenvalue weighted by Gasteiger charge is -2.15. The Balaban J connectivity index is 1.28. The second-order valence-electron chi connectivity index (χ2n) is 9.62. The van der Waals surface area contributed by atoms with E-state index in [0.717, 1.165) is 5.56 Å². The van der Waals surface area contributed by atoms with Crippen LogP contribution in [0.2, 0.25) is 5.02 Å². The molecule has 0 bridgehead atoms. The van der Waals surface area contributed by atoms with Gasteiger partial charge in [-0.1, -0.05) is 23.7 Å². The summed E-state index contributed by atoms with van der Waals surface area (Å²) in [5.74, 6) is 0.346. The van der Waals surface area contributed by atoms with E-state index in [1.807, 2.05) is 24.3 Å². The first-order chi connectivity index (χ1) is 18.7. The average molecular weight is 572 g/mol. The van der Waals surface area contributed by atoms with Gasteiger partial charge in [-0.05, 0) is 30.3 Å². The first-order valence-electron chi connectivity index (χ1n) is 12.2. The predicted octanol–water partition coefficient (Wildman–Crippen LogP) is 3.61. The summed E-state index contributed by atoms with van der Waals surface area (Å²) in [6.45, 7) is 0.499. The van der Waals surface area contributed by atoms with Gasteiger partial charge in [-0.15, -0.1) is 0 Å². The molecule has 0 saturated carbocycles. The van der Waals surface area contributed by atoms with Gasteiger partial charge in [-0.3, -0.25) is 0 Å². The average Bonchev–Trinajstić information content (AvgIpc) is 3.59. The van der Waals surface area contributed by atoms with Gasteiger partial charge in [0.1, 0.15) is 18.3 Å². The Morgan fingerprint density at radius 1 is 1.08 bits per heavy atom. The van der Waals surface area contributed by atoms with Crippen molar-refractivity contribution in [3.63, 3.8) is 0 Å². The highest BCUT2D eigenvalue weighted by atomic mass is 35.5. The molecular weight excluding hydrogens is 546 g/mol. The van der Waals surface area contributed by atoms with E-state index in [1.165, 1.54) is 7.11 Å². The lowest BCUT2D eigenvalue weighted by atomic mass is 10.1. The number of rotatable bonds is 6. The van der Waals surface area contributed by atoms with E-state index >= 15 is 0 Å². The van der Waals surface area contributed by atoms with Crippen molar-refractivity contribution in [3.05, 3.63) is 47.5 Å². The Morgan fingerprint density at radius 3 is 2.59 bits per heavy atom. The number of pyridine rings is 2. The van der Waals surface area contributed by atoms with Gasteiger partial charge in [0.2, 0.25) is 5.88 Å². The van der Waals surface area contributed by atoms with E-state index < -0.39 is 28.0 Å². The molecule has 13 heteroatoms. The molecule has 3 aromatic heterocycles. The monoisotopic (exact) mass is 571 g/mol. The molecule has 39 heavy (non-hydrogen) atoms. The van der Waals surface area contributed by atoms with Crippen LogP contribution in [0.5, 0.6) is 11.9 Å². The van der Waals surface area contributed by atoms with Gasteiger partial charge < -0.3 is 29.0 Å². The van der Waals surface area contributed by atoms with Gasteiger partial charge in [-0.25, -0.2) is 14.2 Å². The smallest absolute Gasteiger partial charge is 0.296 e. The Kier molecular flexibility index (Phi) is 6.68. The Bertz CT molecular complexity index is 1660. The van der Waals surface area contributed by atoms with Gasteiger partial charge in [-0.2, -0.15) is 9.35 Å². The summed E-state index contributed by atoms with van der Waals surface area (Å²) in [7, 11) is -0.717. The van der Waals surface area contributed by atoms with Crippen LogP contribution in [0.15, 0.2) is 46.8 Å². The van der Waals surface area contributed by atoms with Crippen molar-refractivity contribution in [2.24, 2.45) is 4.36 Å². The van der Waals surface area contributed by atoms with Crippen LogP contribution in [0, 0.1) is 0 Å². The van der Waals surface area contributed by atoms with Crippen molar-refractivity contribution in [1.29, 1.82) is 0 Å². The van der Waals surface area contributed by atoms with E-state index in [0.29, 0.717) is 44.7 Å². The third-order valence-electron chi connectivity index (χ3n) is 6.45. The van der Waals surface area contributed by atoms with Gasteiger partial charge in [0.05, 0.1) is 53.5 Å². The maximum Gasteiger partial charge on any atom is 0.296 e. The van der Waals surface area contributed by atoms with E-state index in [1.54, 1.807) is 30.7 Å². The van der Waals surface area contributed by atoms with Gasteiger partial charge in [0.25, 0.3) is 6.01 Å². The number of aliphatic hydroxyl groups is 1. The third-order valence-corrected chi connectivity index (χ3v) is 7.39. The number of methoxy groups -OCH3 is 1. The molecule has 1 aromatic carbocycles. The number of fused-ring (bicyclic) bond motifs is 2. The summed E-state index contributed by atoms with van der Waals surface area (Å²) in [6, 6.07) is 13.0. The minimum Gasteiger partial charge on any atom is -0.480 e. The SMILES string of the molecule is COc1nc(-c2ccc(N=S(C)(C)=O)cc2)ccc1-c1nc2nc(OC3COC4[C@@H]3OC[C@H]4O)[nH]c2cc1Cl. The Morgan fingerprint density at radius 2 is 1.85 bits per heavy atom. The molecule has 11 nitrogen and oxygen atoms in total. The summed E-state index contributed by atoms with van der Waals surface area (Å²) in [4.78, 5) is 16.9. The molecule has 2 saturated heterocycles. The quantitative estimate of drug-likeness (QED) is 0.355. The summed E-state index contributed by atoms with van der Waals surface area (Å²) >= 11 is 6.63. The van der Waals surface area contributed by atoms with Gasteiger partial charge in [0, 0.05) is 27.8 Å². The molecule has 0 spiro atoms. The van der Waals surface area contributed by atoms with Crippen LogP contribution in [0.25, 0.3) is 33.7 Å². The minimum absolute atomic E-state index is 0.215. The molecule has 0 radical (unpaired) electrons. The zero-order valence-electron chi connectivity index (χ0n) is 21.3. The van der Waals surface area contributed by atoms with E-state index in [2.05, 4.69) is 24.3 Å².